The smallest absolute Gasteiger partial charge is 0.309 e. The lowest BCUT2D eigenvalue weighted by Gasteiger charge is -2.51. The molecule has 2 rings (SSSR count). The fourth-order valence-electron chi connectivity index (χ4n) is 3.18. The zero-order valence-electron chi connectivity index (χ0n) is 10.5. The summed E-state index contributed by atoms with van der Waals surface area (Å²) in [7, 11) is 0. The SMILES string of the molecule is CC1(C)CN(CC(F)(F)F)C2(CCCC2)CN1. The average molecular weight is 250 g/mol. The van der Waals surface area contributed by atoms with E-state index in [1.807, 2.05) is 13.8 Å². The molecule has 0 bridgehead atoms. The van der Waals surface area contributed by atoms with Gasteiger partial charge in [-0.25, -0.2) is 0 Å². The van der Waals surface area contributed by atoms with E-state index in [-0.39, 0.29) is 11.1 Å². The predicted octanol–water partition coefficient (Wildman–Crippen LogP) is 2.55. The Bertz CT molecular complexity index is 278. The molecule has 0 aromatic rings. The van der Waals surface area contributed by atoms with Crippen molar-refractivity contribution in [3.63, 3.8) is 0 Å². The molecular weight excluding hydrogens is 229 g/mol. The topological polar surface area (TPSA) is 15.3 Å². The van der Waals surface area contributed by atoms with Gasteiger partial charge in [-0.05, 0) is 26.7 Å². The molecule has 1 aliphatic heterocycles. The van der Waals surface area contributed by atoms with Gasteiger partial charge in [0, 0.05) is 24.2 Å². The third-order valence-corrected chi connectivity index (χ3v) is 4.06. The van der Waals surface area contributed by atoms with Gasteiger partial charge in [0.05, 0.1) is 6.54 Å². The average Bonchev–Trinajstić information content (AvgIpc) is 2.59. The summed E-state index contributed by atoms with van der Waals surface area (Å²) in [5, 5.41) is 3.40. The van der Waals surface area contributed by atoms with Crippen LogP contribution in [0.5, 0.6) is 0 Å². The summed E-state index contributed by atoms with van der Waals surface area (Å²) in [4.78, 5) is 1.68. The molecule has 100 valence electrons. The van der Waals surface area contributed by atoms with E-state index in [1.165, 1.54) is 0 Å². The second kappa shape index (κ2) is 4.12. The van der Waals surface area contributed by atoms with Crippen molar-refractivity contribution in [2.45, 2.75) is 56.8 Å². The molecule has 1 saturated carbocycles. The van der Waals surface area contributed by atoms with Crippen molar-refractivity contribution in [2.75, 3.05) is 19.6 Å². The van der Waals surface area contributed by atoms with E-state index in [4.69, 9.17) is 0 Å². The molecule has 0 amide bonds. The Hall–Kier alpha value is -0.290. The van der Waals surface area contributed by atoms with Crippen molar-refractivity contribution < 1.29 is 13.2 Å². The number of halogens is 3. The van der Waals surface area contributed by atoms with Crippen LogP contribution in [0.25, 0.3) is 0 Å². The van der Waals surface area contributed by atoms with Crippen molar-refractivity contribution >= 4 is 0 Å². The number of hydrogen-bond acceptors (Lipinski definition) is 2. The van der Waals surface area contributed by atoms with E-state index in [1.54, 1.807) is 4.90 Å². The number of piperazine rings is 1. The molecule has 1 N–H and O–H groups in total. The lowest BCUT2D eigenvalue weighted by atomic mass is 9.87. The highest BCUT2D eigenvalue weighted by molar-refractivity contribution is 5.04. The van der Waals surface area contributed by atoms with E-state index < -0.39 is 12.7 Å². The van der Waals surface area contributed by atoms with Gasteiger partial charge in [0.15, 0.2) is 0 Å². The zero-order chi connectivity index (χ0) is 12.7. The Labute approximate surface area is 101 Å². The maximum atomic E-state index is 12.7. The first kappa shape index (κ1) is 13.1. The second-order valence-electron chi connectivity index (χ2n) is 6.14. The molecule has 2 fully saturated rings. The third-order valence-electron chi connectivity index (χ3n) is 4.06. The summed E-state index contributed by atoms with van der Waals surface area (Å²) in [6.45, 7) is 4.34. The van der Waals surface area contributed by atoms with Gasteiger partial charge in [0.25, 0.3) is 0 Å². The predicted molar refractivity (Wildman–Crippen MR) is 60.9 cm³/mol. The van der Waals surface area contributed by atoms with E-state index in [0.29, 0.717) is 13.1 Å². The van der Waals surface area contributed by atoms with Crippen LogP contribution in [0, 0.1) is 0 Å². The van der Waals surface area contributed by atoms with Crippen molar-refractivity contribution in [3.8, 4) is 0 Å². The van der Waals surface area contributed by atoms with Crippen LogP contribution >= 0.6 is 0 Å². The van der Waals surface area contributed by atoms with Crippen LogP contribution in [0.4, 0.5) is 13.2 Å². The van der Waals surface area contributed by atoms with Crippen LogP contribution in [-0.4, -0.2) is 41.8 Å². The highest BCUT2D eigenvalue weighted by Gasteiger charge is 2.48. The van der Waals surface area contributed by atoms with E-state index in [9.17, 15) is 13.2 Å². The van der Waals surface area contributed by atoms with Gasteiger partial charge < -0.3 is 5.32 Å². The van der Waals surface area contributed by atoms with Gasteiger partial charge in [-0.2, -0.15) is 13.2 Å². The molecule has 0 atom stereocenters. The number of nitrogens with one attached hydrogen (secondary N) is 1. The number of nitrogens with zero attached hydrogens (tertiary/aromatic N) is 1. The Morgan fingerprint density at radius 3 is 2.29 bits per heavy atom. The summed E-state index contributed by atoms with van der Waals surface area (Å²) in [6.07, 6.45) is -0.200. The Morgan fingerprint density at radius 1 is 1.18 bits per heavy atom. The van der Waals surface area contributed by atoms with E-state index in [2.05, 4.69) is 5.32 Å². The molecule has 2 aliphatic rings. The highest BCUT2D eigenvalue weighted by Crippen LogP contribution is 2.39. The molecule has 0 radical (unpaired) electrons. The molecule has 0 aromatic carbocycles. The minimum Gasteiger partial charge on any atom is -0.309 e. The number of rotatable bonds is 1. The van der Waals surface area contributed by atoms with Crippen molar-refractivity contribution in [1.29, 1.82) is 0 Å². The third kappa shape index (κ3) is 2.94. The van der Waals surface area contributed by atoms with Crippen molar-refractivity contribution in [1.82, 2.24) is 10.2 Å². The Balaban J connectivity index is 2.15. The lowest BCUT2D eigenvalue weighted by molar-refractivity contribution is -0.166. The summed E-state index contributed by atoms with van der Waals surface area (Å²) in [5.74, 6) is 0. The summed E-state index contributed by atoms with van der Waals surface area (Å²) in [5.41, 5.74) is -0.468. The summed E-state index contributed by atoms with van der Waals surface area (Å²) in [6, 6.07) is 0. The lowest BCUT2D eigenvalue weighted by Crippen LogP contribution is -2.68. The number of hydrogen-bond donors (Lipinski definition) is 1. The molecule has 1 saturated heterocycles. The van der Waals surface area contributed by atoms with Crippen LogP contribution in [0.15, 0.2) is 0 Å². The maximum absolute atomic E-state index is 12.7. The molecule has 0 aromatic heterocycles. The molecule has 1 spiro atoms. The first-order valence-electron chi connectivity index (χ1n) is 6.29. The normalized spacial score (nSPS) is 28.8. The summed E-state index contributed by atoms with van der Waals surface area (Å²) >= 11 is 0. The van der Waals surface area contributed by atoms with Crippen LogP contribution in [-0.2, 0) is 0 Å². The molecular formula is C12H21F3N2. The molecule has 17 heavy (non-hydrogen) atoms. The summed E-state index contributed by atoms with van der Waals surface area (Å²) < 4.78 is 38.0. The van der Waals surface area contributed by atoms with Gasteiger partial charge in [0.2, 0.25) is 0 Å². The molecule has 0 unspecified atom stereocenters. The quantitative estimate of drug-likeness (QED) is 0.769. The van der Waals surface area contributed by atoms with Crippen LogP contribution < -0.4 is 5.32 Å². The fourth-order valence-corrected chi connectivity index (χ4v) is 3.18. The standard InChI is InChI=1S/C12H21F3N2/c1-10(2)8-17(9-12(13,14)15)11(7-16-10)5-3-4-6-11/h16H,3-9H2,1-2H3. The van der Waals surface area contributed by atoms with Gasteiger partial charge in [-0.15, -0.1) is 0 Å². The molecule has 2 nitrogen and oxygen atoms in total. The fraction of sp³-hybridized carbons (Fsp3) is 1.00. The first-order valence-corrected chi connectivity index (χ1v) is 6.29. The van der Waals surface area contributed by atoms with Gasteiger partial charge >= 0.3 is 6.18 Å². The second-order valence-corrected chi connectivity index (χ2v) is 6.14. The molecule has 5 heteroatoms. The van der Waals surface area contributed by atoms with Crippen molar-refractivity contribution in [2.24, 2.45) is 0 Å². The van der Waals surface area contributed by atoms with Gasteiger partial charge in [0.1, 0.15) is 0 Å². The van der Waals surface area contributed by atoms with Gasteiger partial charge in [-0.1, -0.05) is 12.8 Å². The Kier molecular flexibility index (Phi) is 3.19. The maximum Gasteiger partial charge on any atom is 0.401 e. The van der Waals surface area contributed by atoms with Crippen LogP contribution in [0.3, 0.4) is 0 Å². The van der Waals surface area contributed by atoms with Crippen molar-refractivity contribution in [3.05, 3.63) is 0 Å². The van der Waals surface area contributed by atoms with E-state index >= 15 is 0 Å². The minimum absolute atomic E-state index is 0.223. The number of alkyl halides is 3. The molecule has 1 heterocycles. The van der Waals surface area contributed by atoms with Crippen LogP contribution in [0.2, 0.25) is 0 Å². The Morgan fingerprint density at radius 2 is 1.76 bits per heavy atom. The first-order chi connectivity index (χ1) is 7.73. The monoisotopic (exact) mass is 250 g/mol. The highest BCUT2D eigenvalue weighted by atomic mass is 19.4. The van der Waals surface area contributed by atoms with Gasteiger partial charge in [-0.3, -0.25) is 4.90 Å². The van der Waals surface area contributed by atoms with E-state index in [0.717, 1.165) is 25.7 Å². The zero-order valence-corrected chi connectivity index (χ0v) is 10.5. The minimum atomic E-state index is -4.09. The molecule has 1 aliphatic carbocycles. The van der Waals surface area contributed by atoms with Crippen LogP contribution in [0.1, 0.15) is 39.5 Å². The largest absolute Gasteiger partial charge is 0.401 e.